The van der Waals surface area contributed by atoms with E-state index in [0.29, 0.717) is 11.3 Å². The number of rotatable bonds is 5. The van der Waals surface area contributed by atoms with Crippen LogP contribution in [0.2, 0.25) is 0 Å². The Hall–Kier alpha value is -4.65. The largest absolute Gasteiger partial charge is 0.497 e. The highest BCUT2D eigenvalue weighted by molar-refractivity contribution is 5.93. The molecule has 162 valence electrons. The Balaban J connectivity index is 1.50. The third-order valence-corrected chi connectivity index (χ3v) is 5.49. The van der Waals surface area contributed by atoms with E-state index in [1.54, 1.807) is 31.4 Å². The lowest BCUT2D eigenvalue weighted by Crippen LogP contribution is -2.08. The molecule has 1 aliphatic rings. The maximum absolute atomic E-state index is 11.0. The van der Waals surface area contributed by atoms with Gasteiger partial charge in [0.05, 0.1) is 24.1 Å². The van der Waals surface area contributed by atoms with Crippen LogP contribution < -0.4 is 15.2 Å². The molecule has 33 heavy (non-hydrogen) atoms. The van der Waals surface area contributed by atoms with Crippen molar-refractivity contribution in [3.05, 3.63) is 93.9 Å². The summed E-state index contributed by atoms with van der Waals surface area (Å²) in [6.07, 6.45) is 5.61. The van der Waals surface area contributed by atoms with Gasteiger partial charge in [0, 0.05) is 21.7 Å². The number of aromatic nitrogens is 1. The summed E-state index contributed by atoms with van der Waals surface area (Å²) in [7, 11) is 1.61. The number of benzene rings is 3. The first-order chi connectivity index (χ1) is 16.0. The standard InChI is InChI=1S/C26H19N3O4/c1-33-18-8-11-22-20(14-18)21(25(30)27-22)12-16-4-9-19-23(28-29-24(19)13-16)10-5-15-2-6-17(7-3-15)26(31)32/h2-14,27,30H,1H3,(H,31,32)/b10-5+,16-12?. The van der Waals surface area contributed by atoms with Crippen LogP contribution in [0, 0.1) is 0 Å². The molecular formula is C26H19N3O4. The normalized spacial score (nSPS) is 13.2. The molecular weight excluding hydrogens is 418 g/mol. The van der Waals surface area contributed by atoms with E-state index in [2.05, 4.69) is 15.2 Å². The van der Waals surface area contributed by atoms with Gasteiger partial charge in [-0.05, 0) is 65.4 Å². The lowest BCUT2D eigenvalue weighted by atomic mass is 10.1. The number of ether oxygens (including phenoxy) is 1. The van der Waals surface area contributed by atoms with E-state index in [-0.39, 0.29) is 11.4 Å². The summed E-state index contributed by atoms with van der Waals surface area (Å²) in [6, 6.07) is 18.0. The zero-order valence-corrected chi connectivity index (χ0v) is 17.6. The lowest BCUT2D eigenvalue weighted by molar-refractivity contribution is 0.0697. The zero-order chi connectivity index (χ0) is 22.9. The quantitative estimate of drug-likeness (QED) is 0.432. The summed E-state index contributed by atoms with van der Waals surface area (Å²) in [4.78, 5) is 14.0. The van der Waals surface area contributed by atoms with Crippen molar-refractivity contribution in [2.24, 2.45) is 10.2 Å². The average Bonchev–Trinajstić information content (AvgIpc) is 3.37. The van der Waals surface area contributed by atoms with Gasteiger partial charge in [-0.25, -0.2) is 4.79 Å². The van der Waals surface area contributed by atoms with Crippen LogP contribution in [-0.2, 0) is 0 Å². The Bertz CT molecular complexity index is 1580. The van der Waals surface area contributed by atoms with Crippen LogP contribution in [0.15, 0.2) is 77.0 Å². The molecule has 0 saturated heterocycles. The second kappa shape index (κ2) is 8.12. The van der Waals surface area contributed by atoms with Crippen LogP contribution in [0.1, 0.15) is 21.5 Å². The molecule has 0 aliphatic carbocycles. The highest BCUT2D eigenvalue weighted by Gasteiger charge is 2.11. The number of carbonyl (C=O) groups is 1. The molecule has 5 rings (SSSR count). The number of hydrogen-bond donors (Lipinski definition) is 3. The SMILES string of the molecule is COc1ccc2[nH]c(O)c(C=c3ccc4c(c3)N=NC=4/C=C/c3ccc(C(=O)O)cc3)c2c1. The molecule has 7 heteroatoms. The van der Waals surface area contributed by atoms with Crippen LogP contribution in [0.3, 0.4) is 0 Å². The van der Waals surface area contributed by atoms with Crippen LogP contribution in [0.5, 0.6) is 11.6 Å². The zero-order valence-electron chi connectivity index (χ0n) is 17.6. The van der Waals surface area contributed by atoms with Crippen molar-refractivity contribution in [2.75, 3.05) is 7.11 Å². The number of azo groups is 1. The highest BCUT2D eigenvalue weighted by atomic mass is 16.5. The van der Waals surface area contributed by atoms with Crippen LogP contribution in [-0.4, -0.2) is 28.3 Å². The van der Waals surface area contributed by atoms with Crippen LogP contribution in [0.4, 0.5) is 5.69 Å². The van der Waals surface area contributed by atoms with Gasteiger partial charge in [0.15, 0.2) is 5.88 Å². The number of carboxylic acids is 1. The number of aromatic carboxylic acids is 1. The fourth-order valence-corrected chi connectivity index (χ4v) is 3.75. The summed E-state index contributed by atoms with van der Waals surface area (Å²) in [5.41, 5.74) is 4.06. The number of nitrogens with zero attached hydrogens (tertiary/aromatic N) is 2. The van der Waals surface area contributed by atoms with E-state index >= 15 is 0 Å². The molecule has 0 radical (unpaired) electrons. The molecule has 3 N–H and O–H groups in total. The fraction of sp³-hybridized carbons (Fsp3) is 0.0385. The minimum absolute atomic E-state index is 0.0875. The molecule has 3 aromatic carbocycles. The van der Waals surface area contributed by atoms with E-state index in [1.165, 1.54) is 0 Å². The monoisotopic (exact) mass is 437 g/mol. The predicted molar refractivity (Wildman–Crippen MR) is 126 cm³/mol. The van der Waals surface area contributed by atoms with E-state index in [4.69, 9.17) is 9.84 Å². The van der Waals surface area contributed by atoms with Gasteiger partial charge in [-0.15, -0.1) is 10.2 Å². The number of hydrogen-bond acceptors (Lipinski definition) is 5. The van der Waals surface area contributed by atoms with Gasteiger partial charge in [0.2, 0.25) is 0 Å². The maximum atomic E-state index is 11.0. The molecule has 1 aromatic heterocycles. The minimum atomic E-state index is -0.953. The number of fused-ring (bicyclic) bond motifs is 2. The van der Waals surface area contributed by atoms with Gasteiger partial charge in [-0.3, -0.25) is 0 Å². The first-order valence-corrected chi connectivity index (χ1v) is 10.2. The van der Waals surface area contributed by atoms with Gasteiger partial charge < -0.3 is 19.9 Å². The first kappa shape index (κ1) is 20.3. The number of carboxylic acid groups (broad SMARTS) is 1. The molecule has 0 bridgehead atoms. The van der Waals surface area contributed by atoms with Crippen molar-refractivity contribution in [2.45, 2.75) is 0 Å². The van der Waals surface area contributed by atoms with Crippen LogP contribution >= 0.6 is 0 Å². The lowest BCUT2D eigenvalue weighted by Gasteiger charge is -1.99. The van der Waals surface area contributed by atoms with Crippen molar-refractivity contribution in [3.63, 3.8) is 0 Å². The van der Waals surface area contributed by atoms with Gasteiger partial charge in [0.25, 0.3) is 0 Å². The number of aromatic hydroxyl groups is 1. The summed E-state index contributed by atoms with van der Waals surface area (Å²) < 4.78 is 5.31. The molecule has 4 aromatic rings. The van der Waals surface area contributed by atoms with Gasteiger partial charge >= 0.3 is 5.97 Å². The van der Waals surface area contributed by atoms with Crippen molar-refractivity contribution in [1.29, 1.82) is 0 Å². The van der Waals surface area contributed by atoms with E-state index in [0.717, 1.165) is 38.3 Å². The van der Waals surface area contributed by atoms with E-state index < -0.39 is 5.97 Å². The van der Waals surface area contributed by atoms with E-state index in [9.17, 15) is 9.90 Å². The molecule has 7 nitrogen and oxygen atoms in total. The number of methoxy groups -OCH3 is 1. The topological polar surface area (TPSA) is 107 Å². The Labute approximate surface area is 188 Å². The Kier molecular flexibility index (Phi) is 4.99. The Morgan fingerprint density at radius 3 is 2.58 bits per heavy atom. The fourth-order valence-electron chi connectivity index (χ4n) is 3.75. The molecule has 1 aliphatic heterocycles. The molecule has 0 spiro atoms. The number of H-pyrrole nitrogens is 1. The van der Waals surface area contributed by atoms with Crippen LogP contribution in [0.25, 0.3) is 28.8 Å². The number of nitrogens with one attached hydrogen (secondary N) is 1. The first-order valence-electron chi connectivity index (χ1n) is 10.2. The summed E-state index contributed by atoms with van der Waals surface area (Å²) >= 11 is 0. The van der Waals surface area contributed by atoms with E-state index in [1.807, 2.05) is 54.6 Å². The summed E-state index contributed by atoms with van der Waals surface area (Å²) in [5.74, 6) is -0.155. The molecule has 0 atom stereocenters. The minimum Gasteiger partial charge on any atom is -0.497 e. The predicted octanol–water partition coefficient (Wildman–Crippen LogP) is 4.33. The number of aromatic amines is 1. The highest BCUT2D eigenvalue weighted by Crippen LogP contribution is 2.30. The molecule has 0 amide bonds. The van der Waals surface area contributed by atoms with Crippen molar-refractivity contribution in [1.82, 2.24) is 4.98 Å². The summed E-state index contributed by atoms with van der Waals surface area (Å²) in [5, 5.41) is 30.6. The van der Waals surface area contributed by atoms with Gasteiger partial charge in [-0.2, -0.15) is 0 Å². The average molecular weight is 437 g/mol. The molecule has 2 heterocycles. The molecule has 0 unspecified atom stereocenters. The maximum Gasteiger partial charge on any atom is 0.335 e. The second-order valence-electron chi connectivity index (χ2n) is 7.57. The van der Waals surface area contributed by atoms with Crippen molar-refractivity contribution in [3.8, 4) is 11.6 Å². The van der Waals surface area contributed by atoms with Gasteiger partial charge in [-0.1, -0.05) is 24.3 Å². The van der Waals surface area contributed by atoms with Crippen molar-refractivity contribution >= 4 is 40.4 Å². The third kappa shape index (κ3) is 3.87. The molecule has 0 fully saturated rings. The van der Waals surface area contributed by atoms with Gasteiger partial charge in [0.1, 0.15) is 5.75 Å². The Morgan fingerprint density at radius 2 is 1.82 bits per heavy atom. The smallest absolute Gasteiger partial charge is 0.335 e. The third-order valence-electron chi connectivity index (χ3n) is 5.49. The molecule has 0 saturated carbocycles. The Morgan fingerprint density at radius 1 is 1.00 bits per heavy atom. The summed E-state index contributed by atoms with van der Waals surface area (Å²) in [6.45, 7) is 0. The van der Waals surface area contributed by atoms with Crippen molar-refractivity contribution < 1.29 is 19.7 Å². The second-order valence-corrected chi connectivity index (χ2v) is 7.57.